The van der Waals surface area contributed by atoms with Crippen LogP contribution < -0.4 is 5.32 Å². The smallest absolute Gasteiger partial charge is 0.234 e. The fraction of sp³-hybridized carbons (Fsp3) is 0.579. The molecule has 130 valence electrons. The standard InChI is InChI=1S/C19H27N3O2/c1-15(23)22-12-6-10-18(22)17-9-5-11-21(17)14-19(24)20-13-16-7-3-2-4-8-16/h2-4,7-8,17-18H,5-6,9-14H2,1H3,(H,20,24)/t17-,18+/m0/s1. The number of nitrogens with one attached hydrogen (secondary N) is 1. The average Bonchev–Trinajstić information content (AvgIpc) is 3.22. The van der Waals surface area contributed by atoms with Crippen LogP contribution in [0.3, 0.4) is 0 Å². The minimum Gasteiger partial charge on any atom is -0.351 e. The molecule has 0 bridgehead atoms. The van der Waals surface area contributed by atoms with Crippen LogP contribution in [0.4, 0.5) is 0 Å². The molecule has 0 aliphatic carbocycles. The number of carbonyl (C=O) groups is 2. The summed E-state index contributed by atoms with van der Waals surface area (Å²) in [5.41, 5.74) is 1.11. The van der Waals surface area contributed by atoms with Gasteiger partial charge in [0.15, 0.2) is 0 Å². The van der Waals surface area contributed by atoms with Crippen LogP contribution in [0.2, 0.25) is 0 Å². The van der Waals surface area contributed by atoms with Gasteiger partial charge in [0.1, 0.15) is 0 Å². The normalized spacial score (nSPS) is 24.3. The molecule has 0 spiro atoms. The molecule has 2 saturated heterocycles. The molecule has 1 aromatic carbocycles. The molecule has 2 atom stereocenters. The SMILES string of the molecule is CC(=O)N1CCC[C@@H]1[C@@H]1CCCN1CC(=O)NCc1ccccc1. The first-order valence-corrected chi connectivity index (χ1v) is 8.97. The first-order valence-electron chi connectivity index (χ1n) is 8.97. The number of benzene rings is 1. The van der Waals surface area contributed by atoms with E-state index in [4.69, 9.17) is 0 Å². The largest absolute Gasteiger partial charge is 0.351 e. The number of rotatable bonds is 5. The maximum atomic E-state index is 12.3. The zero-order valence-corrected chi connectivity index (χ0v) is 14.4. The molecule has 3 rings (SSSR count). The van der Waals surface area contributed by atoms with Crippen LogP contribution in [0, 0.1) is 0 Å². The molecular weight excluding hydrogens is 302 g/mol. The first-order chi connectivity index (χ1) is 11.6. The Hall–Kier alpha value is -1.88. The lowest BCUT2D eigenvalue weighted by Gasteiger charge is -2.34. The van der Waals surface area contributed by atoms with Crippen molar-refractivity contribution in [1.82, 2.24) is 15.1 Å². The molecule has 2 aliphatic heterocycles. The fourth-order valence-electron chi connectivity index (χ4n) is 4.10. The van der Waals surface area contributed by atoms with Gasteiger partial charge in [-0.05, 0) is 37.8 Å². The third-order valence-corrected chi connectivity index (χ3v) is 5.24. The molecule has 1 N–H and O–H groups in total. The van der Waals surface area contributed by atoms with Gasteiger partial charge < -0.3 is 10.2 Å². The molecule has 2 heterocycles. The van der Waals surface area contributed by atoms with Crippen molar-refractivity contribution < 1.29 is 9.59 Å². The lowest BCUT2D eigenvalue weighted by molar-refractivity contribution is -0.130. The molecule has 0 radical (unpaired) electrons. The molecule has 5 nitrogen and oxygen atoms in total. The molecule has 2 aliphatic rings. The van der Waals surface area contributed by atoms with E-state index in [-0.39, 0.29) is 17.9 Å². The highest BCUT2D eigenvalue weighted by molar-refractivity contribution is 5.78. The van der Waals surface area contributed by atoms with Crippen molar-refractivity contribution in [3.63, 3.8) is 0 Å². The van der Waals surface area contributed by atoms with Crippen LogP contribution in [0.15, 0.2) is 30.3 Å². The molecule has 2 amide bonds. The van der Waals surface area contributed by atoms with Crippen molar-refractivity contribution in [3.8, 4) is 0 Å². The van der Waals surface area contributed by atoms with Gasteiger partial charge in [-0.1, -0.05) is 30.3 Å². The highest BCUT2D eigenvalue weighted by atomic mass is 16.2. The minimum absolute atomic E-state index is 0.0677. The summed E-state index contributed by atoms with van der Waals surface area (Å²) in [6.07, 6.45) is 4.33. The summed E-state index contributed by atoms with van der Waals surface area (Å²) in [6, 6.07) is 10.6. The lowest BCUT2D eigenvalue weighted by atomic mass is 10.0. The van der Waals surface area contributed by atoms with E-state index < -0.39 is 0 Å². The van der Waals surface area contributed by atoms with Gasteiger partial charge in [0.05, 0.1) is 6.54 Å². The summed E-state index contributed by atoms with van der Waals surface area (Å²) in [4.78, 5) is 28.4. The highest BCUT2D eigenvalue weighted by Gasteiger charge is 2.39. The van der Waals surface area contributed by atoms with Crippen molar-refractivity contribution in [3.05, 3.63) is 35.9 Å². The molecular formula is C19H27N3O2. The van der Waals surface area contributed by atoms with Crippen molar-refractivity contribution in [2.75, 3.05) is 19.6 Å². The Bertz CT molecular complexity index is 575. The number of hydrogen-bond acceptors (Lipinski definition) is 3. The Balaban J connectivity index is 1.54. The van der Waals surface area contributed by atoms with Gasteiger partial charge >= 0.3 is 0 Å². The highest BCUT2D eigenvalue weighted by Crippen LogP contribution is 2.29. The lowest BCUT2D eigenvalue weighted by Crippen LogP contribution is -2.50. The van der Waals surface area contributed by atoms with Gasteiger partial charge in [-0.25, -0.2) is 0 Å². The minimum atomic E-state index is 0.0677. The Morgan fingerprint density at radius 3 is 2.54 bits per heavy atom. The van der Waals surface area contributed by atoms with Crippen molar-refractivity contribution in [2.45, 2.75) is 51.2 Å². The van der Waals surface area contributed by atoms with Crippen molar-refractivity contribution in [2.24, 2.45) is 0 Å². The number of hydrogen-bond donors (Lipinski definition) is 1. The molecule has 5 heteroatoms. The predicted molar refractivity (Wildman–Crippen MR) is 93.3 cm³/mol. The number of carbonyl (C=O) groups excluding carboxylic acids is 2. The van der Waals surface area contributed by atoms with E-state index in [1.165, 1.54) is 0 Å². The zero-order chi connectivity index (χ0) is 16.9. The number of likely N-dealkylation sites (tertiary alicyclic amines) is 2. The maximum absolute atomic E-state index is 12.3. The maximum Gasteiger partial charge on any atom is 0.234 e. The van der Waals surface area contributed by atoms with E-state index in [1.54, 1.807) is 6.92 Å². The predicted octanol–water partition coefficient (Wildman–Crippen LogP) is 1.78. The average molecular weight is 329 g/mol. The van der Waals surface area contributed by atoms with E-state index in [2.05, 4.69) is 10.2 Å². The van der Waals surface area contributed by atoms with Gasteiger partial charge in [0, 0.05) is 32.1 Å². The zero-order valence-electron chi connectivity index (χ0n) is 14.4. The summed E-state index contributed by atoms with van der Waals surface area (Å²) in [7, 11) is 0. The summed E-state index contributed by atoms with van der Waals surface area (Å²) in [5, 5.41) is 3.01. The Kier molecular flexibility index (Phi) is 5.51. The summed E-state index contributed by atoms with van der Waals surface area (Å²) >= 11 is 0. The van der Waals surface area contributed by atoms with Gasteiger partial charge in [0.25, 0.3) is 0 Å². The van der Waals surface area contributed by atoms with Crippen LogP contribution in [-0.4, -0.2) is 53.3 Å². The molecule has 2 fully saturated rings. The van der Waals surface area contributed by atoms with E-state index in [9.17, 15) is 9.59 Å². The van der Waals surface area contributed by atoms with Crippen LogP contribution in [0.5, 0.6) is 0 Å². The fourth-order valence-corrected chi connectivity index (χ4v) is 4.10. The van der Waals surface area contributed by atoms with E-state index in [0.29, 0.717) is 19.1 Å². The monoisotopic (exact) mass is 329 g/mol. The van der Waals surface area contributed by atoms with Crippen LogP contribution in [0.25, 0.3) is 0 Å². The summed E-state index contributed by atoms with van der Waals surface area (Å²) in [5.74, 6) is 0.232. The number of nitrogens with zero attached hydrogens (tertiary/aromatic N) is 2. The van der Waals surface area contributed by atoms with Crippen LogP contribution in [-0.2, 0) is 16.1 Å². The van der Waals surface area contributed by atoms with Gasteiger partial charge in [0.2, 0.25) is 11.8 Å². The van der Waals surface area contributed by atoms with E-state index in [1.807, 2.05) is 35.2 Å². The Morgan fingerprint density at radius 2 is 1.79 bits per heavy atom. The molecule has 24 heavy (non-hydrogen) atoms. The van der Waals surface area contributed by atoms with Crippen molar-refractivity contribution >= 4 is 11.8 Å². The molecule has 1 aromatic rings. The summed E-state index contributed by atoms with van der Waals surface area (Å²) < 4.78 is 0. The van der Waals surface area contributed by atoms with Gasteiger partial charge in [-0.3, -0.25) is 14.5 Å². The Labute approximate surface area is 144 Å². The Morgan fingerprint density at radius 1 is 1.08 bits per heavy atom. The van der Waals surface area contributed by atoms with Gasteiger partial charge in [-0.2, -0.15) is 0 Å². The number of amides is 2. The van der Waals surface area contributed by atoms with Crippen molar-refractivity contribution in [1.29, 1.82) is 0 Å². The third-order valence-electron chi connectivity index (χ3n) is 5.24. The second kappa shape index (κ2) is 7.79. The van der Waals surface area contributed by atoms with Crippen LogP contribution >= 0.6 is 0 Å². The quantitative estimate of drug-likeness (QED) is 0.896. The summed E-state index contributed by atoms with van der Waals surface area (Å²) in [6.45, 7) is 4.47. The molecule has 0 unspecified atom stereocenters. The van der Waals surface area contributed by atoms with E-state index >= 15 is 0 Å². The second-order valence-electron chi connectivity index (χ2n) is 6.86. The van der Waals surface area contributed by atoms with Gasteiger partial charge in [-0.15, -0.1) is 0 Å². The first kappa shape index (κ1) is 17.0. The van der Waals surface area contributed by atoms with Crippen LogP contribution in [0.1, 0.15) is 38.2 Å². The van der Waals surface area contributed by atoms with E-state index in [0.717, 1.165) is 44.3 Å². The molecule has 0 saturated carbocycles. The third kappa shape index (κ3) is 3.96. The topological polar surface area (TPSA) is 52.7 Å². The second-order valence-corrected chi connectivity index (χ2v) is 6.86. The molecule has 0 aromatic heterocycles.